The van der Waals surface area contributed by atoms with E-state index in [1.807, 2.05) is 32.0 Å². The largest absolute Gasteiger partial charge is 0.405 e. The molecule has 0 amide bonds. The molecule has 2 aliphatic carbocycles. The van der Waals surface area contributed by atoms with Crippen LogP contribution in [-0.2, 0) is 9.22 Å². The van der Waals surface area contributed by atoms with E-state index < -0.39 is 19.8 Å². The highest BCUT2D eigenvalue weighted by Crippen LogP contribution is 2.71. The van der Waals surface area contributed by atoms with E-state index in [1.165, 1.54) is 0 Å². The first kappa shape index (κ1) is 24.1. The first-order valence-corrected chi connectivity index (χ1v) is 15.0. The zero-order valence-corrected chi connectivity index (χ0v) is 21.5. The summed E-state index contributed by atoms with van der Waals surface area (Å²) < 4.78 is 6.83. The molecule has 0 saturated heterocycles. The van der Waals surface area contributed by atoms with Crippen LogP contribution in [0, 0.1) is 40.7 Å². The minimum Gasteiger partial charge on any atom is -0.405 e. The molecule has 2 aliphatic rings. The van der Waals surface area contributed by atoms with Gasteiger partial charge in [0.25, 0.3) is 0 Å². The smallest absolute Gasteiger partial charge is 0.211 e. The van der Waals surface area contributed by atoms with Crippen molar-refractivity contribution in [3.8, 4) is 0 Å². The van der Waals surface area contributed by atoms with Crippen LogP contribution in [0.1, 0.15) is 69.1 Å². The molecule has 31 heavy (non-hydrogen) atoms. The van der Waals surface area contributed by atoms with Crippen LogP contribution in [0.15, 0.2) is 18.2 Å². The third kappa shape index (κ3) is 4.02. The van der Waals surface area contributed by atoms with E-state index in [-0.39, 0.29) is 34.5 Å². The highest BCUT2D eigenvalue weighted by molar-refractivity contribution is 6.70. The van der Waals surface area contributed by atoms with Crippen LogP contribution in [0.5, 0.6) is 0 Å². The normalized spacial score (nSPS) is 30.4. The van der Waals surface area contributed by atoms with Gasteiger partial charge in [-0.15, -0.1) is 0 Å². The van der Waals surface area contributed by atoms with E-state index in [2.05, 4.69) is 40.4 Å². The lowest BCUT2D eigenvalue weighted by molar-refractivity contribution is -0.483. The Bertz CT molecular complexity index is 890. The molecule has 6 heteroatoms. The molecule has 4 atom stereocenters. The molecule has 2 saturated carbocycles. The van der Waals surface area contributed by atoms with Crippen molar-refractivity contribution in [3.05, 3.63) is 45.0 Å². The Kier molecular flexibility index (Phi) is 6.07. The lowest BCUT2D eigenvalue weighted by Crippen LogP contribution is -2.59. The maximum absolute atomic E-state index is 14.1. The maximum Gasteiger partial charge on any atom is 0.211 e. The number of Topliss-reactive ketones (excluding diaryl/α,β-unsaturated/α-hetero) is 1. The van der Waals surface area contributed by atoms with Crippen LogP contribution >= 0.6 is 0 Å². The van der Waals surface area contributed by atoms with Crippen molar-refractivity contribution < 1.29 is 14.1 Å². The topological polar surface area (TPSA) is 69.4 Å². The van der Waals surface area contributed by atoms with Crippen molar-refractivity contribution in [2.75, 3.05) is 6.54 Å². The zero-order chi connectivity index (χ0) is 23.4. The molecular formula is C25H39NO4Si. The molecule has 172 valence electrons. The summed E-state index contributed by atoms with van der Waals surface area (Å²) >= 11 is 0. The summed E-state index contributed by atoms with van der Waals surface area (Å²) in [6.45, 7) is 17.0. The van der Waals surface area contributed by atoms with Crippen molar-refractivity contribution in [1.29, 1.82) is 0 Å². The molecule has 0 N–H and O–H groups in total. The molecule has 1 aromatic rings. The number of hydrogen-bond acceptors (Lipinski definition) is 4. The van der Waals surface area contributed by atoms with Crippen LogP contribution < -0.4 is 0 Å². The Hall–Kier alpha value is -1.53. The van der Waals surface area contributed by atoms with Crippen LogP contribution in [-0.4, -0.2) is 31.2 Å². The van der Waals surface area contributed by atoms with Crippen LogP contribution in [0.3, 0.4) is 0 Å². The quantitative estimate of drug-likeness (QED) is 0.277. The summed E-state index contributed by atoms with van der Waals surface area (Å²) in [5.41, 5.74) is 1.97. The van der Waals surface area contributed by atoms with Gasteiger partial charge in [-0.3, -0.25) is 14.9 Å². The van der Waals surface area contributed by atoms with Gasteiger partial charge in [0.1, 0.15) is 5.60 Å². The highest BCUT2D eigenvalue weighted by atomic mass is 28.4. The molecule has 1 aromatic carbocycles. The fraction of sp³-hybridized carbons (Fsp3) is 0.720. The second kappa shape index (κ2) is 7.80. The number of rotatable bonds is 8. The third-order valence-corrected chi connectivity index (χ3v) is 9.42. The summed E-state index contributed by atoms with van der Waals surface area (Å²) in [4.78, 5) is 25.4. The molecule has 2 bridgehead atoms. The summed E-state index contributed by atoms with van der Waals surface area (Å²) in [5.74, 6) is 0.0865. The van der Waals surface area contributed by atoms with Gasteiger partial charge >= 0.3 is 0 Å². The van der Waals surface area contributed by atoms with E-state index in [1.54, 1.807) is 0 Å². The van der Waals surface area contributed by atoms with Crippen LogP contribution in [0.4, 0.5) is 0 Å². The van der Waals surface area contributed by atoms with Crippen molar-refractivity contribution in [2.45, 2.75) is 91.5 Å². The number of hydrogen-bond donors (Lipinski definition) is 0. The lowest BCUT2D eigenvalue weighted by Gasteiger charge is -2.50. The van der Waals surface area contributed by atoms with Gasteiger partial charge in [-0.05, 0) is 75.2 Å². The number of benzene rings is 1. The molecule has 3 rings (SSSR count). The number of fused-ring (bicyclic) bond motifs is 2. The van der Waals surface area contributed by atoms with Gasteiger partial charge in [-0.25, -0.2) is 0 Å². The van der Waals surface area contributed by atoms with Crippen LogP contribution in [0.25, 0.3) is 0 Å². The van der Waals surface area contributed by atoms with E-state index in [4.69, 9.17) is 4.43 Å². The predicted molar refractivity (Wildman–Crippen MR) is 127 cm³/mol. The second-order valence-electron chi connectivity index (χ2n) is 11.7. The van der Waals surface area contributed by atoms with Gasteiger partial charge in [0.05, 0.1) is 5.92 Å². The second-order valence-corrected chi connectivity index (χ2v) is 16.2. The Balaban J connectivity index is 2.02. The standard InChI is InChI=1S/C25H39NO4Si/c1-17-9-10-21(18(2)13-17)19(16-26(28)29)14-22(27)25(30-31(6,7)8)15-20-11-12-24(25,5)23(20,3)4/h9-10,13,19-20H,11-12,14-16H2,1-8H3/t19-,20-,24-,25+/m1/s1. The van der Waals surface area contributed by atoms with Gasteiger partial charge in [-0.2, -0.15) is 0 Å². The Labute approximate surface area is 188 Å². The van der Waals surface area contributed by atoms with Crippen molar-refractivity contribution in [1.82, 2.24) is 0 Å². The van der Waals surface area contributed by atoms with Crippen molar-refractivity contribution >= 4 is 14.1 Å². The molecule has 0 spiro atoms. The summed E-state index contributed by atoms with van der Waals surface area (Å²) in [5, 5.41) is 11.5. The fourth-order valence-electron chi connectivity index (χ4n) is 6.53. The number of nitrogens with zero attached hydrogens (tertiary/aromatic N) is 1. The number of carbonyl (C=O) groups excluding carboxylic acids is 1. The Morgan fingerprint density at radius 2 is 1.90 bits per heavy atom. The number of aryl methyl sites for hydroxylation is 2. The molecule has 0 unspecified atom stereocenters. The molecular weight excluding hydrogens is 406 g/mol. The molecule has 0 aromatic heterocycles. The van der Waals surface area contributed by atoms with Gasteiger partial charge in [-0.1, -0.05) is 44.5 Å². The first-order chi connectivity index (χ1) is 14.1. The number of ketones is 1. The summed E-state index contributed by atoms with van der Waals surface area (Å²) in [6, 6.07) is 5.99. The van der Waals surface area contributed by atoms with E-state index in [9.17, 15) is 14.9 Å². The van der Waals surface area contributed by atoms with Crippen molar-refractivity contribution in [3.63, 3.8) is 0 Å². The highest BCUT2D eigenvalue weighted by Gasteiger charge is 2.72. The molecule has 5 nitrogen and oxygen atoms in total. The zero-order valence-electron chi connectivity index (χ0n) is 20.5. The molecule has 0 radical (unpaired) electrons. The predicted octanol–water partition coefficient (Wildman–Crippen LogP) is 6.06. The molecule has 0 aliphatic heterocycles. The first-order valence-electron chi connectivity index (χ1n) is 11.6. The minimum absolute atomic E-state index is 0.0146. The minimum atomic E-state index is -2.04. The number of nitro groups is 1. The lowest BCUT2D eigenvalue weighted by atomic mass is 9.62. The monoisotopic (exact) mass is 445 g/mol. The van der Waals surface area contributed by atoms with Gasteiger partial charge in [0.15, 0.2) is 14.1 Å². The van der Waals surface area contributed by atoms with E-state index in [0.717, 1.165) is 36.0 Å². The van der Waals surface area contributed by atoms with E-state index >= 15 is 0 Å². The van der Waals surface area contributed by atoms with Gasteiger partial charge in [0.2, 0.25) is 6.54 Å². The fourth-order valence-corrected chi connectivity index (χ4v) is 8.00. The summed E-state index contributed by atoms with van der Waals surface area (Å²) in [6.07, 6.45) is 3.01. The Morgan fingerprint density at radius 1 is 1.26 bits per heavy atom. The van der Waals surface area contributed by atoms with Crippen molar-refractivity contribution in [2.24, 2.45) is 16.7 Å². The average molecular weight is 446 g/mol. The van der Waals surface area contributed by atoms with Gasteiger partial charge < -0.3 is 4.43 Å². The molecule has 0 heterocycles. The summed E-state index contributed by atoms with van der Waals surface area (Å²) in [7, 11) is -2.04. The van der Waals surface area contributed by atoms with Crippen LogP contribution in [0.2, 0.25) is 19.6 Å². The average Bonchev–Trinajstić information content (AvgIpc) is 2.91. The third-order valence-electron chi connectivity index (χ3n) is 8.46. The number of carbonyl (C=O) groups is 1. The SMILES string of the molecule is Cc1ccc([C@H](CC(=O)[C@@]2(O[Si](C)(C)C)C[C@H]3CC[C@]2(C)C3(C)C)C[N+](=O)[O-])c(C)c1. The maximum atomic E-state index is 14.1. The molecule has 2 fully saturated rings. The van der Waals surface area contributed by atoms with E-state index in [0.29, 0.717) is 5.92 Å². The Morgan fingerprint density at radius 3 is 2.35 bits per heavy atom. The van der Waals surface area contributed by atoms with Gasteiger partial charge in [0, 0.05) is 16.8 Å².